The molecule has 3 rings (SSSR count). The van der Waals surface area contributed by atoms with Gasteiger partial charge >= 0.3 is 0 Å². The molecule has 2 aromatic carbocycles. The van der Waals surface area contributed by atoms with E-state index in [1.165, 1.54) is 11.1 Å². The van der Waals surface area contributed by atoms with Crippen molar-refractivity contribution in [3.05, 3.63) is 53.6 Å². The van der Waals surface area contributed by atoms with Gasteiger partial charge in [-0.2, -0.15) is 0 Å². The van der Waals surface area contributed by atoms with Crippen molar-refractivity contribution in [1.82, 2.24) is 5.32 Å². The molecule has 2 N–H and O–H groups in total. The molecule has 1 unspecified atom stereocenters. The summed E-state index contributed by atoms with van der Waals surface area (Å²) in [5.74, 6) is 2.74. The summed E-state index contributed by atoms with van der Waals surface area (Å²) in [5, 5.41) is 6.72. The normalized spacial score (nSPS) is 15.8. The zero-order valence-electron chi connectivity index (χ0n) is 15.0. The number of aliphatic imine (C=N–C) groups is 1. The Bertz CT molecular complexity index is 758. The summed E-state index contributed by atoms with van der Waals surface area (Å²) in [5.41, 5.74) is 3.80. The lowest BCUT2D eigenvalue weighted by Crippen LogP contribution is -2.37. The van der Waals surface area contributed by atoms with E-state index in [0.29, 0.717) is 12.5 Å². The van der Waals surface area contributed by atoms with Gasteiger partial charge in [0, 0.05) is 31.3 Å². The number of fused-ring (bicyclic) bond motifs is 1. The van der Waals surface area contributed by atoms with E-state index in [-0.39, 0.29) is 0 Å². The Kier molecular flexibility index (Phi) is 5.43. The molecule has 132 valence electrons. The Balaban J connectivity index is 1.60. The van der Waals surface area contributed by atoms with E-state index in [1.807, 2.05) is 25.1 Å². The molecule has 0 radical (unpaired) electrons. The maximum absolute atomic E-state index is 5.62. The van der Waals surface area contributed by atoms with E-state index in [1.54, 1.807) is 14.2 Å². The third kappa shape index (κ3) is 3.87. The van der Waals surface area contributed by atoms with Crippen LogP contribution in [0.4, 0.5) is 5.69 Å². The van der Waals surface area contributed by atoms with Crippen molar-refractivity contribution in [1.29, 1.82) is 0 Å². The molecule has 0 spiro atoms. The first kappa shape index (κ1) is 17.1. The predicted octanol–water partition coefficient (Wildman–Crippen LogP) is 3.42. The molecule has 2 aromatic rings. The van der Waals surface area contributed by atoms with Crippen LogP contribution in [0.3, 0.4) is 0 Å². The molecule has 0 fully saturated rings. The Morgan fingerprint density at radius 2 is 2.04 bits per heavy atom. The molecule has 0 saturated heterocycles. The van der Waals surface area contributed by atoms with Crippen molar-refractivity contribution in [2.75, 3.05) is 32.6 Å². The van der Waals surface area contributed by atoms with Crippen molar-refractivity contribution in [2.24, 2.45) is 4.99 Å². The molecule has 0 aliphatic heterocycles. The molecular weight excluding hydrogens is 314 g/mol. The van der Waals surface area contributed by atoms with Crippen LogP contribution in [0.5, 0.6) is 11.5 Å². The number of hydrogen-bond donors (Lipinski definition) is 2. The van der Waals surface area contributed by atoms with E-state index in [0.717, 1.165) is 36.1 Å². The number of methoxy groups -OCH3 is 1. The monoisotopic (exact) mass is 339 g/mol. The van der Waals surface area contributed by atoms with Crippen molar-refractivity contribution in [3.8, 4) is 11.5 Å². The minimum Gasteiger partial charge on any atom is -0.493 e. The maximum Gasteiger partial charge on any atom is 0.195 e. The van der Waals surface area contributed by atoms with Crippen LogP contribution < -0.4 is 20.1 Å². The summed E-state index contributed by atoms with van der Waals surface area (Å²) >= 11 is 0. The number of nitrogens with one attached hydrogen (secondary N) is 2. The first-order valence-corrected chi connectivity index (χ1v) is 8.61. The van der Waals surface area contributed by atoms with Gasteiger partial charge in [0.1, 0.15) is 0 Å². The topological polar surface area (TPSA) is 54.9 Å². The molecule has 0 aromatic heterocycles. The quantitative estimate of drug-likeness (QED) is 0.625. The van der Waals surface area contributed by atoms with Crippen molar-refractivity contribution >= 4 is 11.6 Å². The SMILES string of the molecule is CCOc1cc(NC(=NC)NCC2Cc3ccccc32)ccc1OC. The van der Waals surface area contributed by atoms with Gasteiger partial charge in [-0.15, -0.1) is 0 Å². The van der Waals surface area contributed by atoms with Gasteiger partial charge in [-0.3, -0.25) is 4.99 Å². The smallest absolute Gasteiger partial charge is 0.195 e. The van der Waals surface area contributed by atoms with Gasteiger partial charge in [0.25, 0.3) is 0 Å². The highest BCUT2D eigenvalue weighted by Crippen LogP contribution is 2.34. The number of anilines is 1. The van der Waals surface area contributed by atoms with Crippen LogP contribution >= 0.6 is 0 Å². The summed E-state index contributed by atoms with van der Waals surface area (Å²) < 4.78 is 10.9. The summed E-state index contributed by atoms with van der Waals surface area (Å²) in [6.07, 6.45) is 1.12. The molecule has 0 heterocycles. The van der Waals surface area contributed by atoms with E-state index in [4.69, 9.17) is 9.47 Å². The summed E-state index contributed by atoms with van der Waals surface area (Å²) in [4.78, 5) is 4.31. The lowest BCUT2D eigenvalue weighted by atomic mass is 9.78. The molecule has 0 saturated carbocycles. The van der Waals surface area contributed by atoms with Gasteiger partial charge in [-0.1, -0.05) is 24.3 Å². The molecule has 5 nitrogen and oxygen atoms in total. The van der Waals surface area contributed by atoms with Crippen molar-refractivity contribution in [2.45, 2.75) is 19.3 Å². The van der Waals surface area contributed by atoms with Gasteiger partial charge in [-0.25, -0.2) is 0 Å². The second-order valence-electron chi connectivity index (χ2n) is 5.98. The molecule has 1 aliphatic rings. The van der Waals surface area contributed by atoms with Gasteiger partial charge in [0.15, 0.2) is 17.5 Å². The summed E-state index contributed by atoms with van der Waals surface area (Å²) in [7, 11) is 3.42. The molecule has 0 amide bonds. The van der Waals surface area contributed by atoms with Gasteiger partial charge < -0.3 is 20.1 Å². The average Bonchev–Trinajstić information content (AvgIpc) is 2.62. The van der Waals surface area contributed by atoms with Crippen LogP contribution in [-0.2, 0) is 6.42 Å². The minimum absolute atomic E-state index is 0.546. The number of benzene rings is 2. The minimum atomic E-state index is 0.546. The van der Waals surface area contributed by atoms with Gasteiger partial charge in [0.2, 0.25) is 0 Å². The maximum atomic E-state index is 5.62. The first-order chi connectivity index (χ1) is 12.2. The molecule has 1 aliphatic carbocycles. The zero-order valence-corrected chi connectivity index (χ0v) is 15.0. The standard InChI is InChI=1S/C20H25N3O2/c1-4-25-19-12-16(9-10-18(19)24-3)23-20(21-2)22-13-15-11-14-7-5-6-8-17(14)15/h5-10,12,15H,4,11,13H2,1-3H3,(H2,21,22,23). The van der Waals surface area contributed by atoms with Gasteiger partial charge in [-0.05, 0) is 36.6 Å². The second kappa shape index (κ2) is 7.92. The number of guanidine groups is 1. The Labute approximate surface area is 149 Å². The van der Waals surface area contributed by atoms with Crippen LogP contribution in [0.1, 0.15) is 24.0 Å². The Hall–Kier alpha value is -2.69. The average molecular weight is 339 g/mol. The lowest BCUT2D eigenvalue weighted by molar-refractivity contribution is 0.311. The number of rotatable bonds is 6. The third-order valence-electron chi connectivity index (χ3n) is 4.43. The van der Waals surface area contributed by atoms with E-state index < -0.39 is 0 Å². The summed E-state index contributed by atoms with van der Waals surface area (Å²) in [6.45, 7) is 3.41. The fourth-order valence-electron chi connectivity index (χ4n) is 3.10. The van der Waals surface area contributed by atoms with Crippen LogP contribution in [0, 0.1) is 0 Å². The first-order valence-electron chi connectivity index (χ1n) is 8.61. The fourth-order valence-corrected chi connectivity index (χ4v) is 3.10. The largest absolute Gasteiger partial charge is 0.493 e. The Morgan fingerprint density at radius 3 is 2.76 bits per heavy atom. The highest BCUT2D eigenvalue weighted by molar-refractivity contribution is 5.93. The van der Waals surface area contributed by atoms with E-state index in [2.05, 4.69) is 39.9 Å². The van der Waals surface area contributed by atoms with Crippen molar-refractivity contribution < 1.29 is 9.47 Å². The van der Waals surface area contributed by atoms with E-state index >= 15 is 0 Å². The molecule has 1 atom stereocenters. The van der Waals surface area contributed by atoms with Gasteiger partial charge in [0.05, 0.1) is 13.7 Å². The van der Waals surface area contributed by atoms with Crippen molar-refractivity contribution in [3.63, 3.8) is 0 Å². The zero-order chi connectivity index (χ0) is 17.6. The molecular formula is C20H25N3O2. The lowest BCUT2D eigenvalue weighted by Gasteiger charge is -2.30. The third-order valence-corrected chi connectivity index (χ3v) is 4.43. The highest BCUT2D eigenvalue weighted by atomic mass is 16.5. The number of nitrogens with zero attached hydrogens (tertiary/aromatic N) is 1. The van der Waals surface area contributed by atoms with Crippen LogP contribution in [0.2, 0.25) is 0 Å². The molecule has 0 bridgehead atoms. The van der Waals surface area contributed by atoms with Crippen LogP contribution in [0.15, 0.2) is 47.5 Å². The second-order valence-corrected chi connectivity index (χ2v) is 5.98. The predicted molar refractivity (Wildman–Crippen MR) is 102 cm³/mol. The van der Waals surface area contributed by atoms with Crippen LogP contribution in [-0.4, -0.2) is 33.3 Å². The summed E-state index contributed by atoms with van der Waals surface area (Å²) in [6, 6.07) is 14.4. The Morgan fingerprint density at radius 1 is 1.20 bits per heavy atom. The number of ether oxygens (including phenoxy) is 2. The highest BCUT2D eigenvalue weighted by Gasteiger charge is 2.25. The number of hydrogen-bond acceptors (Lipinski definition) is 3. The van der Waals surface area contributed by atoms with Crippen LogP contribution in [0.25, 0.3) is 0 Å². The molecule has 25 heavy (non-hydrogen) atoms. The van der Waals surface area contributed by atoms with E-state index in [9.17, 15) is 0 Å². The molecule has 5 heteroatoms. The fraction of sp³-hybridized carbons (Fsp3) is 0.350.